The van der Waals surface area contributed by atoms with Crippen LogP contribution in [0.3, 0.4) is 0 Å². The Bertz CT molecular complexity index is 234. The van der Waals surface area contributed by atoms with Crippen molar-refractivity contribution < 1.29 is 14.7 Å². The Hall–Kier alpha value is -1.32. The van der Waals surface area contributed by atoms with Crippen LogP contribution in [-0.4, -0.2) is 23.0 Å². The summed E-state index contributed by atoms with van der Waals surface area (Å²) in [7, 11) is 0. The summed E-state index contributed by atoms with van der Waals surface area (Å²) >= 11 is 0. The maximum atomic E-state index is 10.6. The standard InChI is InChI=1S/C8H11NO3/c1-5(10)9-7-3-2-6(4-7)8(11)12/h2-3,6-7H,4H2,1H3,(H,9,10)(H,11,12)/t6-,7+/m0/s1. The maximum absolute atomic E-state index is 10.6. The first-order valence-corrected chi connectivity index (χ1v) is 3.78. The molecule has 0 heterocycles. The summed E-state index contributed by atoms with van der Waals surface area (Å²) in [5.41, 5.74) is 0. The van der Waals surface area contributed by atoms with Crippen LogP contribution in [0.2, 0.25) is 0 Å². The molecule has 4 heteroatoms. The summed E-state index contributed by atoms with van der Waals surface area (Å²) < 4.78 is 0. The number of aliphatic carboxylic acids is 1. The molecule has 0 aromatic heterocycles. The lowest BCUT2D eigenvalue weighted by atomic mass is 10.1. The molecule has 1 aliphatic carbocycles. The predicted molar refractivity (Wildman–Crippen MR) is 42.5 cm³/mol. The minimum absolute atomic E-state index is 0.108. The molecule has 0 bridgehead atoms. The highest BCUT2D eigenvalue weighted by Gasteiger charge is 2.24. The molecule has 0 aliphatic heterocycles. The maximum Gasteiger partial charge on any atom is 0.310 e. The summed E-state index contributed by atoms with van der Waals surface area (Å²) in [4.78, 5) is 21.1. The van der Waals surface area contributed by atoms with Gasteiger partial charge < -0.3 is 10.4 Å². The second-order valence-electron chi connectivity index (χ2n) is 2.87. The van der Waals surface area contributed by atoms with Gasteiger partial charge in [-0.1, -0.05) is 12.2 Å². The molecule has 12 heavy (non-hydrogen) atoms. The Morgan fingerprint density at radius 2 is 2.17 bits per heavy atom. The topological polar surface area (TPSA) is 66.4 Å². The Morgan fingerprint density at radius 3 is 2.58 bits per heavy atom. The van der Waals surface area contributed by atoms with Crippen LogP contribution in [0.1, 0.15) is 13.3 Å². The second kappa shape index (κ2) is 3.38. The lowest BCUT2D eigenvalue weighted by Gasteiger charge is -2.09. The molecule has 1 amide bonds. The van der Waals surface area contributed by atoms with Gasteiger partial charge in [-0.3, -0.25) is 9.59 Å². The monoisotopic (exact) mass is 169 g/mol. The Kier molecular flexibility index (Phi) is 2.47. The van der Waals surface area contributed by atoms with Gasteiger partial charge in [-0.2, -0.15) is 0 Å². The van der Waals surface area contributed by atoms with Crippen molar-refractivity contribution in [2.75, 3.05) is 0 Å². The molecule has 4 nitrogen and oxygen atoms in total. The van der Waals surface area contributed by atoms with Crippen LogP contribution < -0.4 is 5.32 Å². The Balaban J connectivity index is 2.42. The molecule has 2 atom stereocenters. The fourth-order valence-electron chi connectivity index (χ4n) is 1.25. The van der Waals surface area contributed by atoms with E-state index in [2.05, 4.69) is 5.32 Å². The predicted octanol–water partition coefficient (Wildman–Crippen LogP) is 0.152. The van der Waals surface area contributed by atoms with Gasteiger partial charge in [0.05, 0.1) is 5.92 Å². The van der Waals surface area contributed by atoms with E-state index in [1.54, 1.807) is 12.2 Å². The largest absolute Gasteiger partial charge is 0.481 e. The number of rotatable bonds is 2. The highest BCUT2D eigenvalue weighted by Crippen LogP contribution is 2.17. The molecule has 0 fully saturated rings. The fourth-order valence-corrected chi connectivity index (χ4v) is 1.25. The molecule has 2 N–H and O–H groups in total. The normalized spacial score (nSPS) is 27.1. The van der Waals surface area contributed by atoms with Crippen LogP contribution in [0.25, 0.3) is 0 Å². The number of amides is 1. The summed E-state index contributed by atoms with van der Waals surface area (Å²) in [6.45, 7) is 1.42. The zero-order valence-corrected chi connectivity index (χ0v) is 6.78. The van der Waals surface area contributed by atoms with Crippen molar-refractivity contribution in [2.24, 2.45) is 5.92 Å². The third kappa shape index (κ3) is 2.08. The highest BCUT2D eigenvalue weighted by molar-refractivity contribution is 5.75. The van der Waals surface area contributed by atoms with Crippen LogP contribution in [0.15, 0.2) is 12.2 Å². The third-order valence-electron chi connectivity index (χ3n) is 1.79. The van der Waals surface area contributed by atoms with Crippen LogP contribution in [0.4, 0.5) is 0 Å². The van der Waals surface area contributed by atoms with Gasteiger partial charge in [0.1, 0.15) is 0 Å². The number of carboxylic acids is 1. The number of carbonyl (C=O) groups excluding carboxylic acids is 1. The fraction of sp³-hybridized carbons (Fsp3) is 0.500. The van der Waals surface area contributed by atoms with Gasteiger partial charge in [0.15, 0.2) is 0 Å². The van der Waals surface area contributed by atoms with Crippen LogP contribution >= 0.6 is 0 Å². The number of hydrogen-bond donors (Lipinski definition) is 2. The molecular weight excluding hydrogens is 158 g/mol. The quantitative estimate of drug-likeness (QED) is 0.578. The summed E-state index contributed by atoms with van der Waals surface area (Å²) in [6.07, 6.45) is 3.80. The van der Waals surface area contributed by atoms with Gasteiger partial charge in [-0.15, -0.1) is 0 Å². The van der Waals surface area contributed by atoms with Crippen molar-refractivity contribution in [1.82, 2.24) is 5.32 Å². The van der Waals surface area contributed by atoms with Gasteiger partial charge in [-0.05, 0) is 6.42 Å². The Morgan fingerprint density at radius 1 is 1.50 bits per heavy atom. The highest BCUT2D eigenvalue weighted by atomic mass is 16.4. The minimum atomic E-state index is -0.834. The van der Waals surface area contributed by atoms with E-state index in [0.29, 0.717) is 6.42 Å². The molecular formula is C8H11NO3. The van der Waals surface area contributed by atoms with E-state index >= 15 is 0 Å². The molecule has 0 aromatic carbocycles. The molecule has 0 saturated carbocycles. The van der Waals surface area contributed by atoms with Crippen molar-refractivity contribution in [1.29, 1.82) is 0 Å². The van der Waals surface area contributed by atoms with Crippen LogP contribution in [0, 0.1) is 5.92 Å². The van der Waals surface area contributed by atoms with E-state index in [1.165, 1.54) is 6.92 Å². The first kappa shape index (κ1) is 8.77. The van der Waals surface area contributed by atoms with Gasteiger partial charge >= 0.3 is 5.97 Å². The van der Waals surface area contributed by atoms with E-state index in [9.17, 15) is 9.59 Å². The van der Waals surface area contributed by atoms with Gasteiger partial charge in [0.25, 0.3) is 0 Å². The molecule has 66 valence electrons. The molecule has 0 radical (unpaired) electrons. The van der Waals surface area contributed by atoms with Crippen molar-refractivity contribution in [2.45, 2.75) is 19.4 Å². The van der Waals surface area contributed by atoms with Gasteiger partial charge in [0.2, 0.25) is 5.91 Å². The molecule has 0 unspecified atom stereocenters. The average Bonchev–Trinajstić information content (AvgIpc) is 2.34. The average molecular weight is 169 g/mol. The first-order valence-electron chi connectivity index (χ1n) is 3.78. The zero-order valence-electron chi connectivity index (χ0n) is 6.78. The van der Waals surface area contributed by atoms with Gasteiger partial charge in [0, 0.05) is 13.0 Å². The summed E-state index contributed by atoms with van der Waals surface area (Å²) in [5.74, 6) is -1.41. The third-order valence-corrected chi connectivity index (χ3v) is 1.79. The summed E-state index contributed by atoms with van der Waals surface area (Å²) in [5, 5.41) is 11.2. The first-order chi connectivity index (χ1) is 5.59. The lowest BCUT2D eigenvalue weighted by molar-refractivity contribution is -0.140. The number of carbonyl (C=O) groups is 2. The number of hydrogen-bond acceptors (Lipinski definition) is 2. The number of nitrogens with one attached hydrogen (secondary N) is 1. The van der Waals surface area contributed by atoms with Gasteiger partial charge in [-0.25, -0.2) is 0 Å². The molecule has 1 rings (SSSR count). The molecule has 1 aliphatic rings. The molecule has 0 aromatic rings. The van der Waals surface area contributed by atoms with Crippen LogP contribution in [-0.2, 0) is 9.59 Å². The number of carboxylic acid groups (broad SMARTS) is 1. The van der Waals surface area contributed by atoms with Crippen molar-refractivity contribution in [3.05, 3.63) is 12.2 Å². The zero-order chi connectivity index (χ0) is 9.14. The van der Waals surface area contributed by atoms with Crippen molar-refractivity contribution >= 4 is 11.9 Å². The van der Waals surface area contributed by atoms with Crippen molar-refractivity contribution in [3.8, 4) is 0 Å². The van der Waals surface area contributed by atoms with Crippen molar-refractivity contribution in [3.63, 3.8) is 0 Å². The Labute approximate surface area is 70.3 Å². The minimum Gasteiger partial charge on any atom is -0.481 e. The van der Waals surface area contributed by atoms with E-state index in [-0.39, 0.29) is 11.9 Å². The summed E-state index contributed by atoms with van der Waals surface area (Å²) in [6, 6.07) is -0.108. The molecule has 0 saturated heterocycles. The second-order valence-corrected chi connectivity index (χ2v) is 2.87. The van der Waals surface area contributed by atoms with E-state index in [0.717, 1.165) is 0 Å². The lowest BCUT2D eigenvalue weighted by Crippen LogP contribution is -2.31. The molecule has 0 spiro atoms. The van der Waals surface area contributed by atoms with E-state index in [4.69, 9.17) is 5.11 Å². The van der Waals surface area contributed by atoms with Crippen LogP contribution in [0.5, 0.6) is 0 Å². The van der Waals surface area contributed by atoms with E-state index < -0.39 is 11.9 Å². The van der Waals surface area contributed by atoms with E-state index in [1.807, 2.05) is 0 Å². The smallest absolute Gasteiger partial charge is 0.310 e. The SMILES string of the molecule is CC(=O)N[C@@H]1C=C[C@H](C(=O)O)C1.